The first-order valence-corrected chi connectivity index (χ1v) is 28.6. The second-order valence-electron chi connectivity index (χ2n) is 18.0. The van der Waals surface area contributed by atoms with Crippen molar-refractivity contribution in [3.63, 3.8) is 0 Å². The maximum absolute atomic E-state index is 12.9. The molecule has 1 atom stereocenters. The van der Waals surface area contributed by atoms with Gasteiger partial charge in [-0.2, -0.15) is 0 Å². The van der Waals surface area contributed by atoms with Crippen molar-refractivity contribution in [2.24, 2.45) is 0 Å². The number of allylic oxidation sites excluding steroid dienone is 28. The van der Waals surface area contributed by atoms with Crippen molar-refractivity contribution in [2.75, 3.05) is 13.2 Å². The molecule has 0 aromatic rings. The summed E-state index contributed by atoms with van der Waals surface area (Å²) in [7, 11) is 0. The standard InChI is InChI=1S/C67H102O6/c1-4-7-10-13-16-19-22-25-27-29-30-31-32-33-34-35-36-38-39-42-45-48-51-54-57-60-66(69)72-63-64(62-71-65(68)59-56-53-50-47-44-41-24-21-18-15-12-9-6-3)73-67(70)61-58-55-52-49-46-43-40-37-28-26-23-20-17-14-11-8-5-2/h7-12,16-21,25-28,30-31,33-34,36,38,41-42,44-45,50,53,64H,4-6,13-15,22-24,29,32,35,37,39-40,43,46-49,51-52,54-63H2,1-3H3/b10-7-,11-8-,12-9-,19-16-,20-17-,21-18-,27-25-,28-26-,31-30-,34-33-,38-36-,44-41-,45-42-,53-50-. The predicted molar refractivity (Wildman–Crippen MR) is 315 cm³/mol. The van der Waals surface area contributed by atoms with E-state index in [4.69, 9.17) is 14.2 Å². The van der Waals surface area contributed by atoms with E-state index in [-0.39, 0.29) is 44.0 Å². The zero-order valence-corrected chi connectivity index (χ0v) is 46.3. The summed E-state index contributed by atoms with van der Waals surface area (Å²) in [6, 6.07) is 0. The van der Waals surface area contributed by atoms with Gasteiger partial charge < -0.3 is 14.2 Å². The summed E-state index contributed by atoms with van der Waals surface area (Å²) < 4.78 is 16.7. The fourth-order valence-corrected chi connectivity index (χ4v) is 7.04. The molecule has 1 unspecified atom stereocenters. The maximum atomic E-state index is 12.9. The van der Waals surface area contributed by atoms with E-state index in [1.807, 2.05) is 12.2 Å². The molecule has 0 aromatic carbocycles. The Morgan fingerprint density at radius 2 is 0.521 bits per heavy atom. The van der Waals surface area contributed by atoms with Crippen molar-refractivity contribution in [1.82, 2.24) is 0 Å². The van der Waals surface area contributed by atoms with Crippen LogP contribution in [-0.4, -0.2) is 37.2 Å². The van der Waals surface area contributed by atoms with E-state index in [9.17, 15) is 14.4 Å². The summed E-state index contributed by atoms with van der Waals surface area (Å²) in [5.41, 5.74) is 0. The van der Waals surface area contributed by atoms with Crippen LogP contribution in [0.4, 0.5) is 0 Å². The molecule has 0 aromatic heterocycles. The minimum absolute atomic E-state index is 0.130. The molecule has 0 aliphatic heterocycles. The van der Waals surface area contributed by atoms with E-state index in [0.717, 1.165) is 148 Å². The van der Waals surface area contributed by atoms with Crippen LogP contribution < -0.4 is 0 Å². The molecule has 0 aliphatic carbocycles. The topological polar surface area (TPSA) is 78.9 Å². The molecule has 0 saturated heterocycles. The van der Waals surface area contributed by atoms with Crippen molar-refractivity contribution in [1.29, 1.82) is 0 Å². The Kier molecular flexibility index (Phi) is 55.1. The normalized spacial score (nSPS) is 13.4. The van der Waals surface area contributed by atoms with Crippen LogP contribution in [0.15, 0.2) is 170 Å². The molecule has 0 rings (SSSR count). The van der Waals surface area contributed by atoms with Crippen LogP contribution in [0.3, 0.4) is 0 Å². The second kappa shape index (κ2) is 59.3. The van der Waals surface area contributed by atoms with Crippen LogP contribution in [-0.2, 0) is 28.6 Å². The highest BCUT2D eigenvalue weighted by molar-refractivity contribution is 5.71. The summed E-state index contributed by atoms with van der Waals surface area (Å²) in [6.45, 7) is 6.17. The molecular weight excluding hydrogens is 901 g/mol. The summed E-state index contributed by atoms with van der Waals surface area (Å²) >= 11 is 0. The molecule has 6 nitrogen and oxygen atoms in total. The highest BCUT2D eigenvalue weighted by Crippen LogP contribution is 2.13. The minimum Gasteiger partial charge on any atom is -0.462 e. The Hall–Kier alpha value is -5.23. The third-order valence-electron chi connectivity index (χ3n) is 11.2. The lowest BCUT2D eigenvalue weighted by molar-refractivity contribution is -0.166. The summed E-state index contributed by atoms with van der Waals surface area (Å²) in [4.78, 5) is 38.1. The van der Waals surface area contributed by atoms with Gasteiger partial charge in [-0.1, -0.05) is 229 Å². The van der Waals surface area contributed by atoms with Crippen LogP contribution in [0.25, 0.3) is 0 Å². The van der Waals surface area contributed by atoms with E-state index < -0.39 is 6.10 Å². The monoisotopic (exact) mass is 1000 g/mol. The Balaban J connectivity index is 4.52. The summed E-state index contributed by atoms with van der Waals surface area (Å²) in [5.74, 6) is -1.07. The van der Waals surface area contributed by atoms with Gasteiger partial charge in [0.1, 0.15) is 13.2 Å². The van der Waals surface area contributed by atoms with Gasteiger partial charge in [0, 0.05) is 19.3 Å². The Bertz CT molecular complexity index is 1720. The van der Waals surface area contributed by atoms with Crippen molar-refractivity contribution >= 4 is 17.9 Å². The Labute approximate surface area is 447 Å². The number of hydrogen-bond donors (Lipinski definition) is 0. The fraction of sp³-hybridized carbons (Fsp3) is 0.537. The molecule has 0 radical (unpaired) electrons. The van der Waals surface area contributed by atoms with Crippen molar-refractivity contribution in [3.05, 3.63) is 170 Å². The molecule has 406 valence electrons. The van der Waals surface area contributed by atoms with Crippen molar-refractivity contribution < 1.29 is 28.6 Å². The van der Waals surface area contributed by atoms with Crippen molar-refractivity contribution in [2.45, 2.75) is 219 Å². The lowest BCUT2D eigenvalue weighted by Crippen LogP contribution is -2.30. The molecule has 0 aliphatic rings. The van der Waals surface area contributed by atoms with E-state index >= 15 is 0 Å². The zero-order valence-electron chi connectivity index (χ0n) is 46.3. The number of esters is 3. The van der Waals surface area contributed by atoms with E-state index in [1.54, 1.807) is 0 Å². The van der Waals surface area contributed by atoms with Crippen LogP contribution in [0.2, 0.25) is 0 Å². The number of rotatable bonds is 49. The molecule has 0 spiro atoms. The van der Waals surface area contributed by atoms with Gasteiger partial charge in [0.25, 0.3) is 0 Å². The van der Waals surface area contributed by atoms with E-state index in [1.165, 1.54) is 19.3 Å². The maximum Gasteiger partial charge on any atom is 0.306 e. The van der Waals surface area contributed by atoms with Crippen LogP contribution in [0.5, 0.6) is 0 Å². The van der Waals surface area contributed by atoms with Gasteiger partial charge in [0.15, 0.2) is 6.10 Å². The number of hydrogen-bond acceptors (Lipinski definition) is 6. The molecule has 0 N–H and O–H groups in total. The number of carbonyl (C=O) groups is 3. The number of carbonyl (C=O) groups excluding carboxylic acids is 3. The van der Waals surface area contributed by atoms with Gasteiger partial charge in [-0.15, -0.1) is 0 Å². The first-order valence-electron chi connectivity index (χ1n) is 28.6. The van der Waals surface area contributed by atoms with Crippen LogP contribution in [0, 0.1) is 0 Å². The number of unbranched alkanes of at least 4 members (excludes halogenated alkanes) is 10. The van der Waals surface area contributed by atoms with Crippen molar-refractivity contribution in [3.8, 4) is 0 Å². The molecule has 6 heteroatoms. The van der Waals surface area contributed by atoms with Gasteiger partial charge in [-0.25, -0.2) is 0 Å². The van der Waals surface area contributed by atoms with E-state index in [0.29, 0.717) is 12.8 Å². The quantitative estimate of drug-likeness (QED) is 0.0261. The lowest BCUT2D eigenvalue weighted by Gasteiger charge is -2.18. The summed E-state index contributed by atoms with van der Waals surface area (Å²) in [6.07, 6.45) is 87.9. The highest BCUT2D eigenvalue weighted by Gasteiger charge is 2.19. The molecule has 0 amide bonds. The van der Waals surface area contributed by atoms with Gasteiger partial charge in [-0.05, 0) is 135 Å². The minimum atomic E-state index is -0.836. The SMILES string of the molecule is CC/C=C\C/C=C\C/C=C\C/C=C\C/C=C\C/C=C\C/C=C\CCCCCC(=O)OCC(COC(=O)CC/C=C\C/C=C\C/C=C\C/C=C\CC)OC(=O)CCCCCCCCC/C=C\C/C=C\C/C=C\CC. The average Bonchev–Trinajstić information content (AvgIpc) is 3.39. The second-order valence-corrected chi connectivity index (χ2v) is 18.0. The molecule has 73 heavy (non-hydrogen) atoms. The van der Waals surface area contributed by atoms with Gasteiger partial charge >= 0.3 is 17.9 Å². The first kappa shape index (κ1) is 67.8. The fourth-order valence-electron chi connectivity index (χ4n) is 7.04. The smallest absolute Gasteiger partial charge is 0.306 e. The number of ether oxygens (including phenoxy) is 3. The molecule has 0 fully saturated rings. The summed E-state index contributed by atoms with van der Waals surface area (Å²) in [5, 5.41) is 0. The van der Waals surface area contributed by atoms with Crippen LogP contribution in [0.1, 0.15) is 213 Å². The lowest BCUT2D eigenvalue weighted by atomic mass is 10.1. The average molecular weight is 1000 g/mol. The predicted octanol–water partition coefficient (Wildman–Crippen LogP) is 19.5. The largest absolute Gasteiger partial charge is 0.462 e. The third kappa shape index (κ3) is 57.5. The van der Waals surface area contributed by atoms with Gasteiger partial charge in [-0.3, -0.25) is 14.4 Å². The van der Waals surface area contributed by atoms with Gasteiger partial charge in [0.05, 0.1) is 0 Å². The van der Waals surface area contributed by atoms with E-state index in [2.05, 4.69) is 179 Å². The molecular formula is C67H102O6. The first-order chi connectivity index (χ1) is 36.0. The Morgan fingerprint density at radius 3 is 0.863 bits per heavy atom. The van der Waals surface area contributed by atoms with Gasteiger partial charge in [0.2, 0.25) is 0 Å². The molecule has 0 saturated carbocycles. The molecule has 0 heterocycles. The third-order valence-corrected chi connectivity index (χ3v) is 11.2. The molecule has 0 bridgehead atoms. The van der Waals surface area contributed by atoms with Crippen LogP contribution >= 0.6 is 0 Å². The highest BCUT2D eigenvalue weighted by atomic mass is 16.6. The zero-order chi connectivity index (χ0) is 52.9. The Morgan fingerprint density at radius 1 is 0.274 bits per heavy atom.